The first kappa shape index (κ1) is 15.7. The zero-order chi connectivity index (χ0) is 15.4. The number of rotatable bonds is 2. The molecule has 0 spiro atoms. The van der Waals surface area contributed by atoms with E-state index in [1.54, 1.807) is 21.9 Å². The van der Waals surface area contributed by atoms with Gasteiger partial charge in [0.15, 0.2) is 0 Å². The van der Waals surface area contributed by atoms with Crippen molar-refractivity contribution in [3.8, 4) is 0 Å². The van der Waals surface area contributed by atoms with E-state index in [1.807, 2.05) is 0 Å². The average molecular weight is 355 g/mol. The number of halogens is 2. The molecule has 0 bridgehead atoms. The molecule has 0 saturated carbocycles. The Hall–Kier alpha value is -1.69. The molecule has 1 aromatic rings. The van der Waals surface area contributed by atoms with E-state index in [0.717, 1.165) is 4.47 Å². The van der Waals surface area contributed by atoms with Crippen molar-refractivity contribution in [2.24, 2.45) is 0 Å². The second kappa shape index (κ2) is 6.85. The molecule has 0 aliphatic carbocycles. The number of amides is 2. The molecule has 1 aliphatic rings. The summed E-state index contributed by atoms with van der Waals surface area (Å²) in [5.74, 6) is -0.518. The third kappa shape index (κ3) is 4.14. The summed E-state index contributed by atoms with van der Waals surface area (Å²) in [5.41, 5.74) is 0.361. The summed E-state index contributed by atoms with van der Waals surface area (Å²) in [7, 11) is 0. The summed E-state index contributed by atoms with van der Waals surface area (Å²) < 4.78 is 14.3. The first-order valence-electron chi connectivity index (χ1n) is 6.65. The molecule has 112 valence electrons. The van der Waals surface area contributed by atoms with Gasteiger partial charge in [0.1, 0.15) is 5.82 Å². The van der Waals surface area contributed by atoms with Gasteiger partial charge >= 0.3 is 0 Å². The molecule has 1 aliphatic heterocycles. The maximum Gasteiger partial charge on any atom is 0.246 e. The summed E-state index contributed by atoms with van der Waals surface area (Å²) in [4.78, 5) is 26.6. The van der Waals surface area contributed by atoms with E-state index in [1.165, 1.54) is 25.1 Å². The maximum absolute atomic E-state index is 13.6. The van der Waals surface area contributed by atoms with E-state index in [9.17, 15) is 14.0 Å². The van der Waals surface area contributed by atoms with Gasteiger partial charge in [-0.1, -0.05) is 15.9 Å². The van der Waals surface area contributed by atoms with Gasteiger partial charge in [-0.05, 0) is 24.3 Å². The van der Waals surface area contributed by atoms with Crippen LogP contribution in [0.4, 0.5) is 4.39 Å². The van der Waals surface area contributed by atoms with Crippen molar-refractivity contribution in [1.82, 2.24) is 9.80 Å². The monoisotopic (exact) mass is 354 g/mol. The summed E-state index contributed by atoms with van der Waals surface area (Å²) in [6.07, 6.45) is 2.84. The average Bonchev–Trinajstić information content (AvgIpc) is 2.48. The number of carbonyl (C=O) groups excluding carboxylic acids is 2. The van der Waals surface area contributed by atoms with E-state index in [0.29, 0.717) is 31.7 Å². The minimum absolute atomic E-state index is 0.0221. The summed E-state index contributed by atoms with van der Waals surface area (Å²) in [5, 5.41) is 0. The molecule has 1 saturated heterocycles. The predicted molar refractivity (Wildman–Crippen MR) is 82.0 cm³/mol. The van der Waals surface area contributed by atoms with E-state index in [2.05, 4.69) is 15.9 Å². The molecule has 1 heterocycles. The summed E-state index contributed by atoms with van der Waals surface area (Å²) >= 11 is 3.27. The lowest BCUT2D eigenvalue weighted by atomic mass is 10.2. The standard InChI is InChI=1S/C15H16BrFN2O2/c1-11(20)18-6-8-19(9-7-18)15(21)5-2-12-10-13(16)3-4-14(12)17/h2-5,10H,6-9H2,1H3/b5-2+. The van der Waals surface area contributed by atoms with Crippen molar-refractivity contribution >= 4 is 33.8 Å². The molecular weight excluding hydrogens is 339 g/mol. The molecule has 21 heavy (non-hydrogen) atoms. The molecular formula is C15H16BrFN2O2. The van der Waals surface area contributed by atoms with Crippen molar-refractivity contribution < 1.29 is 14.0 Å². The van der Waals surface area contributed by atoms with Crippen LogP contribution in [0.3, 0.4) is 0 Å². The molecule has 2 rings (SSSR count). The van der Waals surface area contributed by atoms with Crippen LogP contribution in [0.15, 0.2) is 28.7 Å². The number of hydrogen-bond acceptors (Lipinski definition) is 2. The fraction of sp³-hybridized carbons (Fsp3) is 0.333. The molecule has 4 nitrogen and oxygen atoms in total. The van der Waals surface area contributed by atoms with Crippen molar-refractivity contribution in [1.29, 1.82) is 0 Å². The molecule has 1 fully saturated rings. The van der Waals surface area contributed by atoms with Crippen molar-refractivity contribution in [2.45, 2.75) is 6.92 Å². The Morgan fingerprint density at radius 3 is 2.43 bits per heavy atom. The molecule has 0 unspecified atom stereocenters. The van der Waals surface area contributed by atoms with Crippen LogP contribution in [-0.2, 0) is 9.59 Å². The van der Waals surface area contributed by atoms with E-state index < -0.39 is 0 Å². The normalized spacial score (nSPS) is 15.6. The number of nitrogens with zero attached hydrogens (tertiary/aromatic N) is 2. The quantitative estimate of drug-likeness (QED) is 0.764. The van der Waals surface area contributed by atoms with Gasteiger partial charge in [0.25, 0.3) is 0 Å². The molecule has 0 atom stereocenters. The van der Waals surface area contributed by atoms with Gasteiger partial charge in [0, 0.05) is 49.2 Å². The van der Waals surface area contributed by atoms with Crippen molar-refractivity contribution in [2.75, 3.05) is 26.2 Å². The molecule has 0 N–H and O–H groups in total. The molecule has 6 heteroatoms. The van der Waals surface area contributed by atoms with Gasteiger partial charge in [-0.25, -0.2) is 4.39 Å². The minimum atomic E-state index is -0.372. The van der Waals surface area contributed by atoms with Crippen molar-refractivity contribution in [3.63, 3.8) is 0 Å². The fourth-order valence-corrected chi connectivity index (χ4v) is 2.53. The second-order valence-corrected chi connectivity index (χ2v) is 5.75. The Labute approximate surface area is 131 Å². The molecule has 1 aromatic carbocycles. The van der Waals surface area contributed by atoms with Crippen LogP contribution in [0, 0.1) is 5.82 Å². The third-order valence-electron chi connectivity index (χ3n) is 3.40. The summed E-state index contributed by atoms with van der Waals surface area (Å²) in [6, 6.07) is 4.57. The van der Waals surface area contributed by atoms with Gasteiger partial charge in [0.05, 0.1) is 0 Å². The Morgan fingerprint density at radius 1 is 1.19 bits per heavy atom. The maximum atomic E-state index is 13.6. The predicted octanol–water partition coefficient (Wildman–Crippen LogP) is 2.29. The van der Waals surface area contributed by atoms with Gasteiger partial charge in [-0.15, -0.1) is 0 Å². The van der Waals surface area contributed by atoms with Crippen LogP contribution in [0.5, 0.6) is 0 Å². The topological polar surface area (TPSA) is 40.6 Å². The van der Waals surface area contributed by atoms with E-state index >= 15 is 0 Å². The Balaban J connectivity index is 1.97. The number of carbonyl (C=O) groups is 2. The van der Waals surface area contributed by atoms with Crippen LogP contribution < -0.4 is 0 Å². The highest BCUT2D eigenvalue weighted by Crippen LogP contribution is 2.17. The lowest BCUT2D eigenvalue weighted by Crippen LogP contribution is -2.49. The molecule has 2 amide bonds. The second-order valence-electron chi connectivity index (χ2n) is 4.83. The lowest BCUT2D eigenvalue weighted by Gasteiger charge is -2.33. The van der Waals surface area contributed by atoms with Crippen LogP contribution in [0.1, 0.15) is 12.5 Å². The SMILES string of the molecule is CC(=O)N1CCN(C(=O)/C=C/c2cc(Br)ccc2F)CC1. The molecule has 0 radical (unpaired) electrons. The van der Waals surface area contributed by atoms with Gasteiger partial charge in [0.2, 0.25) is 11.8 Å². The van der Waals surface area contributed by atoms with Crippen LogP contribution >= 0.6 is 15.9 Å². The third-order valence-corrected chi connectivity index (χ3v) is 3.89. The fourth-order valence-electron chi connectivity index (χ4n) is 2.15. The largest absolute Gasteiger partial charge is 0.339 e. The van der Waals surface area contributed by atoms with Gasteiger partial charge in [-0.2, -0.15) is 0 Å². The van der Waals surface area contributed by atoms with Crippen LogP contribution in [-0.4, -0.2) is 47.8 Å². The highest BCUT2D eigenvalue weighted by atomic mass is 79.9. The first-order valence-corrected chi connectivity index (χ1v) is 7.44. The van der Waals surface area contributed by atoms with E-state index in [4.69, 9.17) is 0 Å². The van der Waals surface area contributed by atoms with Crippen LogP contribution in [0.25, 0.3) is 6.08 Å². The summed E-state index contributed by atoms with van der Waals surface area (Å²) in [6.45, 7) is 3.61. The zero-order valence-electron chi connectivity index (χ0n) is 11.7. The minimum Gasteiger partial charge on any atom is -0.339 e. The molecule has 0 aromatic heterocycles. The smallest absolute Gasteiger partial charge is 0.246 e. The highest BCUT2D eigenvalue weighted by molar-refractivity contribution is 9.10. The van der Waals surface area contributed by atoms with Gasteiger partial charge in [-0.3, -0.25) is 9.59 Å². The Bertz CT molecular complexity index is 581. The first-order chi connectivity index (χ1) is 9.97. The lowest BCUT2D eigenvalue weighted by molar-refractivity contribution is -0.135. The highest BCUT2D eigenvalue weighted by Gasteiger charge is 2.20. The zero-order valence-corrected chi connectivity index (χ0v) is 13.3. The number of piperazine rings is 1. The number of benzene rings is 1. The van der Waals surface area contributed by atoms with E-state index in [-0.39, 0.29) is 17.6 Å². The Kier molecular flexibility index (Phi) is 5.12. The van der Waals surface area contributed by atoms with Crippen LogP contribution in [0.2, 0.25) is 0 Å². The van der Waals surface area contributed by atoms with Crippen molar-refractivity contribution in [3.05, 3.63) is 40.1 Å². The Morgan fingerprint density at radius 2 is 1.81 bits per heavy atom. The number of hydrogen-bond donors (Lipinski definition) is 0. The van der Waals surface area contributed by atoms with Gasteiger partial charge < -0.3 is 9.80 Å².